The molecule has 0 aromatic heterocycles. The maximum atomic E-state index is 6.25. The summed E-state index contributed by atoms with van der Waals surface area (Å²) in [6.45, 7) is 8.30. The Hall–Kier alpha value is -0.770. The van der Waals surface area contributed by atoms with Crippen molar-refractivity contribution in [2.24, 2.45) is 11.1 Å². The zero-order valence-electron chi connectivity index (χ0n) is 11.8. The molecule has 0 atom stereocenters. The molecule has 1 saturated heterocycles. The zero-order chi connectivity index (χ0) is 14.1. The fraction of sp³-hybridized carbons (Fsp3) is 0.600. The van der Waals surface area contributed by atoms with E-state index in [1.54, 1.807) is 0 Å². The molecule has 1 aromatic carbocycles. The molecule has 1 heterocycles. The number of rotatable bonds is 5. The molecule has 1 aliphatic rings. The van der Waals surface area contributed by atoms with E-state index in [2.05, 4.69) is 6.92 Å². The number of hydrogen-bond acceptors (Lipinski definition) is 3. The predicted molar refractivity (Wildman–Crippen MR) is 77.8 cm³/mol. The molecule has 0 radical (unpaired) electrons. The van der Waals surface area contributed by atoms with Crippen molar-refractivity contribution in [2.45, 2.75) is 32.7 Å². The SMILES string of the molecule is CC(C)(N)Cc1ccc(OCC2(C)COC2)c(Cl)c1. The van der Waals surface area contributed by atoms with Gasteiger partial charge in [-0.05, 0) is 38.0 Å². The first kappa shape index (κ1) is 14.6. The van der Waals surface area contributed by atoms with Crippen LogP contribution in [-0.2, 0) is 11.2 Å². The van der Waals surface area contributed by atoms with Gasteiger partial charge < -0.3 is 15.2 Å². The van der Waals surface area contributed by atoms with Gasteiger partial charge in [-0.1, -0.05) is 24.6 Å². The molecule has 0 saturated carbocycles. The van der Waals surface area contributed by atoms with Crippen LogP contribution in [0.3, 0.4) is 0 Å². The second-order valence-electron chi connectivity index (χ2n) is 6.52. The molecular formula is C15H22ClNO2. The van der Waals surface area contributed by atoms with Gasteiger partial charge in [-0.15, -0.1) is 0 Å². The highest BCUT2D eigenvalue weighted by Gasteiger charge is 2.34. The summed E-state index contributed by atoms with van der Waals surface area (Å²) in [7, 11) is 0. The number of ether oxygens (including phenoxy) is 2. The zero-order valence-corrected chi connectivity index (χ0v) is 12.6. The Morgan fingerprint density at radius 2 is 2.11 bits per heavy atom. The van der Waals surface area contributed by atoms with Gasteiger partial charge in [0.2, 0.25) is 0 Å². The van der Waals surface area contributed by atoms with Crippen molar-refractivity contribution in [1.82, 2.24) is 0 Å². The lowest BCUT2D eigenvalue weighted by atomic mass is 9.90. The minimum atomic E-state index is -0.234. The van der Waals surface area contributed by atoms with E-state index in [1.165, 1.54) is 0 Å². The molecular weight excluding hydrogens is 262 g/mol. The van der Waals surface area contributed by atoms with Crippen molar-refractivity contribution >= 4 is 11.6 Å². The summed E-state index contributed by atoms with van der Waals surface area (Å²) < 4.78 is 11.0. The summed E-state index contributed by atoms with van der Waals surface area (Å²) in [5.74, 6) is 0.730. The van der Waals surface area contributed by atoms with Gasteiger partial charge in [-0.3, -0.25) is 0 Å². The quantitative estimate of drug-likeness (QED) is 0.903. The van der Waals surface area contributed by atoms with Crippen molar-refractivity contribution < 1.29 is 9.47 Å². The van der Waals surface area contributed by atoms with Crippen LogP contribution in [0.15, 0.2) is 18.2 Å². The van der Waals surface area contributed by atoms with E-state index in [0.717, 1.165) is 30.9 Å². The Bertz CT molecular complexity index is 450. The second-order valence-corrected chi connectivity index (χ2v) is 6.93. The van der Waals surface area contributed by atoms with Gasteiger partial charge >= 0.3 is 0 Å². The van der Waals surface area contributed by atoms with Crippen molar-refractivity contribution in [3.63, 3.8) is 0 Å². The summed E-state index contributed by atoms with van der Waals surface area (Å²) in [5, 5.41) is 0.644. The van der Waals surface area contributed by atoms with E-state index in [1.807, 2.05) is 32.0 Å². The van der Waals surface area contributed by atoms with Crippen LogP contribution in [0.1, 0.15) is 26.3 Å². The minimum Gasteiger partial charge on any atom is -0.491 e. The van der Waals surface area contributed by atoms with Gasteiger partial charge in [0.1, 0.15) is 5.75 Å². The third-order valence-corrected chi connectivity index (χ3v) is 3.43. The summed E-state index contributed by atoms with van der Waals surface area (Å²) in [4.78, 5) is 0. The van der Waals surface area contributed by atoms with Gasteiger partial charge in [0.25, 0.3) is 0 Å². The fourth-order valence-electron chi connectivity index (χ4n) is 2.08. The summed E-state index contributed by atoms with van der Waals surface area (Å²) in [6.07, 6.45) is 0.790. The largest absolute Gasteiger partial charge is 0.491 e. The Labute approximate surface area is 120 Å². The van der Waals surface area contributed by atoms with Crippen molar-refractivity contribution in [1.29, 1.82) is 0 Å². The van der Waals surface area contributed by atoms with E-state index in [-0.39, 0.29) is 11.0 Å². The summed E-state index contributed by atoms with van der Waals surface area (Å²) in [5.41, 5.74) is 7.03. The monoisotopic (exact) mass is 283 g/mol. The molecule has 3 nitrogen and oxygen atoms in total. The average Bonchev–Trinajstić information content (AvgIpc) is 2.23. The standard InChI is InChI=1S/C15H22ClNO2/c1-14(2,17)7-11-4-5-13(12(16)6-11)19-10-15(3)8-18-9-15/h4-6H,7-10,17H2,1-3H3. The van der Waals surface area contributed by atoms with Crippen molar-refractivity contribution in [3.8, 4) is 5.75 Å². The first-order chi connectivity index (χ1) is 8.77. The molecule has 0 bridgehead atoms. The van der Waals surface area contributed by atoms with Gasteiger partial charge in [0.05, 0.1) is 24.8 Å². The number of hydrogen-bond donors (Lipinski definition) is 1. The van der Waals surface area contributed by atoms with Crippen LogP contribution in [0, 0.1) is 5.41 Å². The highest BCUT2D eigenvalue weighted by molar-refractivity contribution is 6.32. The van der Waals surface area contributed by atoms with Crippen LogP contribution in [0.5, 0.6) is 5.75 Å². The first-order valence-corrected chi connectivity index (χ1v) is 6.93. The van der Waals surface area contributed by atoms with Gasteiger partial charge in [-0.2, -0.15) is 0 Å². The Kier molecular flexibility index (Phi) is 4.09. The molecule has 4 heteroatoms. The molecule has 0 aliphatic carbocycles. The van der Waals surface area contributed by atoms with Crippen molar-refractivity contribution in [2.75, 3.05) is 19.8 Å². The highest BCUT2D eigenvalue weighted by Crippen LogP contribution is 2.31. The molecule has 0 amide bonds. The van der Waals surface area contributed by atoms with Crippen LogP contribution in [0.25, 0.3) is 0 Å². The van der Waals surface area contributed by atoms with Crippen LogP contribution in [0.2, 0.25) is 5.02 Å². The average molecular weight is 284 g/mol. The number of halogens is 1. The Balaban J connectivity index is 1.98. The van der Waals surface area contributed by atoms with E-state index < -0.39 is 0 Å². The van der Waals surface area contributed by atoms with Gasteiger partial charge in [-0.25, -0.2) is 0 Å². The van der Waals surface area contributed by atoms with Crippen LogP contribution >= 0.6 is 11.6 Å². The maximum absolute atomic E-state index is 6.25. The van der Waals surface area contributed by atoms with Crippen LogP contribution in [0.4, 0.5) is 0 Å². The van der Waals surface area contributed by atoms with E-state index >= 15 is 0 Å². The molecule has 1 aliphatic heterocycles. The van der Waals surface area contributed by atoms with Crippen LogP contribution < -0.4 is 10.5 Å². The molecule has 1 aromatic rings. The molecule has 106 valence electrons. The first-order valence-electron chi connectivity index (χ1n) is 6.55. The topological polar surface area (TPSA) is 44.5 Å². The van der Waals surface area contributed by atoms with Crippen molar-refractivity contribution in [3.05, 3.63) is 28.8 Å². The Morgan fingerprint density at radius 1 is 1.42 bits per heavy atom. The fourth-order valence-corrected chi connectivity index (χ4v) is 2.34. The maximum Gasteiger partial charge on any atom is 0.137 e. The summed E-state index contributed by atoms with van der Waals surface area (Å²) >= 11 is 6.25. The smallest absolute Gasteiger partial charge is 0.137 e. The van der Waals surface area contributed by atoms with Crippen LogP contribution in [-0.4, -0.2) is 25.4 Å². The molecule has 19 heavy (non-hydrogen) atoms. The minimum absolute atomic E-state index is 0.126. The molecule has 0 spiro atoms. The van der Waals surface area contributed by atoms with E-state index in [4.69, 9.17) is 26.8 Å². The normalized spacial score (nSPS) is 17.9. The third-order valence-electron chi connectivity index (χ3n) is 3.13. The van der Waals surface area contributed by atoms with Gasteiger partial charge in [0.15, 0.2) is 0 Å². The molecule has 0 unspecified atom stereocenters. The Morgan fingerprint density at radius 3 is 2.58 bits per heavy atom. The third kappa shape index (κ3) is 4.10. The summed E-state index contributed by atoms with van der Waals surface area (Å²) in [6, 6.07) is 5.88. The molecule has 2 N–H and O–H groups in total. The molecule has 1 fully saturated rings. The lowest BCUT2D eigenvalue weighted by Crippen LogP contribution is -2.44. The second kappa shape index (κ2) is 5.31. The number of nitrogens with two attached hydrogens (primary N) is 1. The highest BCUT2D eigenvalue weighted by atomic mass is 35.5. The predicted octanol–water partition coefficient (Wildman–Crippen LogP) is 3.04. The van der Waals surface area contributed by atoms with E-state index in [9.17, 15) is 0 Å². The lowest BCUT2D eigenvalue weighted by Gasteiger charge is -2.37. The number of benzene rings is 1. The van der Waals surface area contributed by atoms with E-state index in [0.29, 0.717) is 11.6 Å². The molecule has 2 rings (SSSR count). The van der Waals surface area contributed by atoms with Gasteiger partial charge in [0, 0.05) is 11.0 Å². The lowest BCUT2D eigenvalue weighted by molar-refractivity contribution is -0.120.